The first-order valence-electron chi connectivity index (χ1n) is 5.63. The van der Waals surface area contributed by atoms with Crippen molar-refractivity contribution >= 4 is 5.91 Å². The minimum atomic E-state index is 0.0922. The minimum absolute atomic E-state index is 0.0922. The summed E-state index contributed by atoms with van der Waals surface area (Å²) in [5, 5.41) is 3.19. The summed E-state index contributed by atoms with van der Waals surface area (Å²) < 4.78 is 0. The zero-order chi connectivity index (χ0) is 11.8. The topological polar surface area (TPSA) is 32.3 Å². The summed E-state index contributed by atoms with van der Waals surface area (Å²) in [5.41, 5.74) is 0.837. The van der Waals surface area contributed by atoms with E-state index in [9.17, 15) is 4.79 Å². The second-order valence-electron chi connectivity index (χ2n) is 4.36. The van der Waals surface area contributed by atoms with Crippen LogP contribution in [0.3, 0.4) is 0 Å². The quantitative estimate of drug-likeness (QED) is 0.539. The van der Waals surface area contributed by atoms with Crippen molar-refractivity contribution in [3.05, 3.63) is 11.8 Å². The van der Waals surface area contributed by atoms with Crippen LogP contribution in [0.15, 0.2) is 11.8 Å². The third kappa shape index (κ3) is 6.15. The second kappa shape index (κ2) is 7.32. The lowest BCUT2D eigenvalue weighted by Crippen LogP contribution is -2.24. The molecule has 0 aliphatic heterocycles. The molecule has 0 aromatic carbocycles. The lowest BCUT2D eigenvalue weighted by atomic mass is 10.1. The Morgan fingerprint density at radius 3 is 2.40 bits per heavy atom. The molecule has 3 heteroatoms. The van der Waals surface area contributed by atoms with E-state index in [1.165, 1.54) is 0 Å². The Kier molecular flexibility index (Phi) is 6.84. The largest absolute Gasteiger partial charge is 0.391 e. The molecule has 0 heterocycles. The molecule has 0 spiro atoms. The molecule has 0 fully saturated rings. The Balaban J connectivity index is 4.06. The molecule has 15 heavy (non-hydrogen) atoms. The number of hydrogen-bond acceptors (Lipinski definition) is 2. The molecule has 0 saturated carbocycles. The monoisotopic (exact) mass is 212 g/mol. The highest BCUT2D eigenvalue weighted by Crippen LogP contribution is 2.03. The average Bonchev–Trinajstić information content (AvgIpc) is 2.16. The van der Waals surface area contributed by atoms with Crippen LogP contribution in [0.2, 0.25) is 0 Å². The van der Waals surface area contributed by atoms with Gasteiger partial charge in [-0.05, 0) is 18.8 Å². The fourth-order valence-corrected chi connectivity index (χ4v) is 1.17. The summed E-state index contributed by atoms with van der Waals surface area (Å²) in [6, 6.07) is 0. The van der Waals surface area contributed by atoms with E-state index in [2.05, 4.69) is 19.2 Å². The van der Waals surface area contributed by atoms with Crippen LogP contribution >= 0.6 is 0 Å². The number of amides is 1. The minimum Gasteiger partial charge on any atom is -0.391 e. The van der Waals surface area contributed by atoms with Crippen LogP contribution in [0.25, 0.3) is 0 Å². The highest BCUT2D eigenvalue weighted by molar-refractivity contribution is 5.92. The van der Waals surface area contributed by atoms with Gasteiger partial charge in [0.05, 0.1) is 0 Å². The van der Waals surface area contributed by atoms with Gasteiger partial charge < -0.3 is 10.2 Å². The summed E-state index contributed by atoms with van der Waals surface area (Å²) in [6.45, 7) is 7.31. The van der Waals surface area contributed by atoms with Crippen LogP contribution in [-0.2, 0) is 4.79 Å². The van der Waals surface area contributed by atoms with E-state index in [1.807, 2.05) is 13.1 Å². The van der Waals surface area contributed by atoms with E-state index < -0.39 is 0 Å². The molecule has 88 valence electrons. The molecule has 0 saturated heterocycles. The third-order valence-electron chi connectivity index (χ3n) is 2.20. The van der Waals surface area contributed by atoms with Crippen molar-refractivity contribution in [1.29, 1.82) is 0 Å². The van der Waals surface area contributed by atoms with E-state index in [1.54, 1.807) is 19.0 Å². The fraction of sp³-hybridized carbons (Fsp3) is 0.750. The third-order valence-corrected chi connectivity index (χ3v) is 2.20. The van der Waals surface area contributed by atoms with Crippen molar-refractivity contribution in [3.8, 4) is 0 Å². The molecule has 0 aromatic rings. The Labute approximate surface area is 93.5 Å². The lowest BCUT2D eigenvalue weighted by molar-refractivity contribution is -0.124. The van der Waals surface area contributed by atoms with Gasteiger partial charge in [0.1, 0.15) is 0 Å². The van der Waals surface area contributed by atoms with Crippen LogP contribution in [0.4, 0.5) is 0 Å². The van der Waals surface area contributed by atoms with Crippen molar-refractivity contribution in [1.82, 2.24) is 10.2 Å². The van der Waals surface area contributed by atoms with Gasteiger partial charge in [-0.15, -0.1) is 0 Å². The van der Waals surface area contributed by atoms with Crippen molar-refractivity contribution in [3.63, 3.8) is 0 Å². The predicted octanol–water partition coefficient (Wildman–Crippen LogP) is 2.00. The molecule has 1 amide bonds. The van der Waals surface area contributed by atoms with E-state index in [-0.39, 0.29) is 5.91 Å². The van der Waals surface area contributed by atoms with E-state index in [0.717, 1.165) is 25.0 Å². The van der Waals surface area contributed by atoms with Crippen molar-refractivity contribution in [2.75, 3.05) is 20.6 Å². The van der Waals surface area contributed by atoms with Gasteiger partial charge in [-0.3, -0.25) is 4.79 Å². The zero-order valence-corrected chi connectivity index (χ0v) is 10.6. The predicted molar refractivity (Wildman–Crippen MR) is 64.5 cm³/mol. The Morgan fingerprint density at radius 1 is 1.40 bits per heavy atom. The van der Waals surface area contributed by atoms with Gasteiger partial charge in [-0.25, -0.2) is 0 Å². The van der Waals surface area contributed by atoms with Crippen LogP contribution in [0, 0.1) is 5.92 Å². The molecule has 0 aliphatic carbocycles. The van der Waals surface area contributed by atoms with Gasteiger partial charge in [-0.2, -0.15) is 0 Å². The zero-order valence-electron chi connectivity index (χ0n) is 10.6. The van der Waals surface area contributed by atoms with E-state index >= 15 is 0 Å². The van der Waals surface area contributed by atoms with Crippen LogP contribution < -0.4 is 5.32 Å². The number of carbonyl (C=O) groups is 1. The fourth-order valence-electron chi connectivity index (χ4n) is 1.17. The number of nitrogens with zero attached hydrogens (tertiary/aromatic N) is 1. The van der Waals surface area contributed by atoms with Gasteiger partial charge in [0.25, 0.3) is 5.91 Å². The number of likely N-dealkylation sites (N-methyl/N-ethyl adjacent to an activating group) is 1. The number of nitrogens with one attached hydrogen (secondary N) is 1. The maximum Gasteiger partial charge on any atom is 0.250 e. The normalized spacial score (nSPS) is 11.7. The molecule has 0 unspecified atom stereocenters. The lowest BCUT2D eigenvalue weighted by Gasteiger charge is -2.12. The second-order valence-corrected chi connectivity index (χ2v) is 4.36. The van der Waals surface area contributed by atoms with Gasteiger partial charge in [0.15, 0.2) is 0 Å². The molecule has 0 aliphatic rings. The first kappa shape index (κ1) is 14.0. The SMILES string of the molecule is CCC(=CNCCC(C)C)C(=O)N(C)C. The van der Waals surface area contributed by atoms with Crippen LogP contribution in [0.1, 0.15) is 33.6 Å². The smallest absolute Gasteiger partial charge is 0.250 e. The molecule has 3 nitrogen and oxygen atoms in total. The van der Waals surface area contributed by atoms with Gasteiger partial charge >= 0.3 is 0 Å². The van der Waals surface area contributed by atoms with Gasteiger partial charge in [-0.1, -0.05) is 20.8 Å². The van der Waals surface area contributed by atoms with E-state index in [4.69, 9.17) is 0 Å². The maximum atomic E-state index is 11.6. The van der Waals surface area contributed by atoms with E-state index in [0.29, 0.717) is 5.92 Å². The highest BCUT2D eigenvalue weighted by atomic mass is 16.2. The molecule has 0 aromatic heterocycles. The molecule has 0 radical (unpaired) electrons. The Morgan fingerprint density at radius 2 is 2.00 bits per heavy atom. The Hall–Kier alpha value is -0.990. The average molecular weight is 212 g/mol. The number of rotatable bonds is 6. The van der Waals surface area contributed by atoms with Gasteiger partial charge in [0.2, 0.25) is 0 Å². The van der Waals surface area contributed by atoms with Crippen LogP contribution in [-0.4, -0.2) is 31.4 Å². The standard InChI is InChI=1S/C12H24N2O/c1-6-11(12(15)14(4)5)9-13-8-7-10(2)3/h9-10,13H,6-8H2,1-5H3. The summed E-state index contributed by atoms with van der Waals surface area (Å²) in [4.78, 5) is 13.2. The number of carbonyl (C=O) groups excluding carboxylic acids is 1. The summed E-state index contributed by atoms with van der Waals surface area (Å²) in [7, 11) is 3.56. The summed E-state index contributed by atoms with van der Waals surface area (Å²) in [5.74, 6) is 0.787. The molecule has 0 atom stereocenters. The molecular weight excluding hydrogens is 188 g/mol. The first-order chi connectivity index (χ1) is 6.99. The highest BCUT2D eigenvalue weighted by Gasteiger charge is 2.08. The summed E-state index contributed by atoms with van der Waals surface area (Å²) in [6.07, 6.45) is 3.75. The van der Waals surface area contributed by atoms with Gasteiger partial charge in [0, 0.05) is 32.4 Å². The van der Waals surface area contributed by atoms with Crippen molar-refractivity contribution in [2.24, 2.45) is 5.92 Å². The Bertz CT molecular complexity index is 220. The molecule has 0 bridgehead atoms. The van der Waals surface area contributed by atoms with Crippen molar-refractivity contribution < 1.29 is 4.79 Å². The first-order valence-corrected chi connectivity index (χ1v) is 5.63. The summed E-state index contributed by atoms with van der Waals surface area (Å²) >= 11 is 0. The number of hydrogen-bond donors (Lipinski definition) is 1. The molecular formula is C12H24N2O. The van der Waals surface area contributed by atoms with Crippen molar-refractivity contribution in [2.45, 2.75) is 33.6 Å². The maximum absolute atomic E-state index is 11.6. The van der Waals surface area contributed by atoms with Crippen LogP contribution in [0.5, 0.6) is 0 Å². The molecule has 0 rings (SSSR count). The molecule has 1 N–H and O–H groups in total.